The number of allylic oxidation sites excluding steroid dienone is 4. The smallest absolute Gasteiger partial charge is 0.340 e. The molecule has 1 aliphatic carbocycles. The number of carbonyl (C=O) groups excluding carboxylic acids is 3. The van der Waals surface area contributed by atoms with Crippen LogP contribution >= 0.6 is 0 Å². The van der Waals surface area contributed by atoms with Crippen molar-refractivity contribution in [2.45, 2.75) is 53.5 Å². The number of ether oxygens (including phenoxy) is 2. The Morgan fingerprint density at radius 3 is 2.48 bits per heavy atom. The average molecular weight is 349 g/mol. The molecule has 1 unspecified atom stereocenters. The van der Waals surface area contributed by atoms with Gasteiger partial charge in [-0.3, -0.25) is 4.79 Å². The van der Waals surface area contributed by atoms with Crippen molar-refractivity contribution >= 4 is 17.9 Å². The lowest BCUT2D eigenvalue weighted by Gasteiger charge is -2.24. The summed E-state index contributed by atoms with van der Waals surface area (Å²) < 4.78 is 9.89. The zero-order valence-corrected chi connectivity index (χ0v) is 15.5. The van der Waals surface area contributed by atoms with Gasteiger partial charge in [0.15, 0.2) is 0 Å². The maximum atomic E-state index is 12.5. The molecule has 25 heavy (non-hydrogen) atoms. The molecule has 0 spiro atoms. The lowest BCUT2D eigenvalue weighted by Crippen LogP contribution is -2.41. The molecule has 6 nitrogen and oxygen atoms in total. The first-order valence-corrected chi connectivity index (χ1v) is 8.36. The molecule has 6 heteroatoms. The van der Waals surface area contributed by atoms with E-state index in [0.717, 1.165) is 5.57 Å². The van der Waals surface area contributed by atoms with E-state index in [1.54, 1.807) is 34.6 Å². The lowest BCUT2D eigenvalue weighted by molar-refractivity contribution is -0.166. The molecular formula is C19H27NO5. The summed E-state index contributed by atoms with van der Waals surface area (Å²) in [6, 6.07) is -0.832. The Morgan fingerprint density at radius 1 is 1.28 bits per heavy atom. The predicted octanol–water partition coefficient (Wildman–Crippen LogP) is 2.80. The second-order valence-electron chi connectivity index (χ2n) is 6.81. The van der Waals surface area contributed by atoms with Gasteiger partial charge in [0, 0.05) is 11.8 Å². The third-order valence-corrected chi connectivity index (χ3v) is 3.44. The minimum atomic E-state index is -0.832. The van der Waals surface area contributed by atoms with Crippen LogP contribution in [0.15, 0.2) is 35.6 Å². The first-order valence-electron chi connectivity index (χ1n) is 8.36. The van der Waals surface area contributed by atoms with Gasteiger partial charge in [0.2, 0.25) is 0 Å². The molecule has 138 valence electrons. The van der Waals surface area contributed by atoms with Crippen molar-refractivity contribution < 1.29 is 23.9 Å². The van der Waals surface area contributed by atoms with E-state index < -0.39 is 29.4 Å². The highest BCUT2D eigenvalue weighted by molar-refractivity contribution is 5.92. The van der Waals surface area contributed by atoms with E-state index >= 15 is 0 Å². The Hall–Kier alpha value is -2.37. The van der Waals surface area contributed by atoms with Gasteiger partial charge in [0.25, 0.3) is 0 Å². The molecule has 0 saturated carbocycles. The van der Waals surface area contributed by atoms with E-state index in [-0.39, 0.29) is 6.61 Å². The summed E-state index contributed by atoms with van der Waals surface area (Å²) in [6.45, 7) is 8.68. The highest BCUT2D eigenvalue weighted by Crippen LogP contribution is 2.20. The van der Waals surface area contributed by atoms with Crippen LogP contribution in [-0.2, 0) is 23.9 Å². The van der Waals surface area contributed by atoms with E-state index in [4.69, 9.17) is 9.47 Å². The third kappa shape index (κ3) is 6.95. The van der Waals surface area contributed by atoms with Crippen LogP contribution in [-0.4, -0.2) is 30.6 Å². The fourth-order valence-electron chi connectivity index (χ4n) is 2.09. The molecule has 1 rings (SSSR count). The monoisotopic (exact) mass is 349 g/mol. The van der Waals surface area contributed by atoms with Crippen LogP contribution in [0.25, 0.3) is 0 Å². The van der Waals surface area contributed by atoms with E-state index in [1.807, 2.05) is 18.2 Å². The summed E-state index contributed by atoms with van der Waals surface area (Å²) >= 11 is 0. The van der Waals surface area contributed by atoms with Crippen LogP contribution < -0.4 is 5.32 Å². The van der Waals surface area contributed by atoms with Gasteiger partial charge in [-0.25, -0.2) is 9.59 Å². The molecule has 0 aromatic carbocycles. The number of hydrogen-bond donors (Lipinski definition) is 1. The standard InChI is InChI=1S/C19H27NO5/c1-6-24-15(21)12-13(2)20-16(14-10-8-7-9-11-14)17(22)25-18(23)19(3,4)5/h7-8,11-12,16,20H,6,9-10H2,1-5H3/b13-12+. The summed E-state index contributed by atoms with van der Waals surface area (Å²) in [4.78, 5) is 36.1. The van der Waals surface area contributed by atoms with Crippen molar-refractivity contribution in [3.63, 3.8) is 0 Å². The van der Waals surface area contributed by atoms with Crippen molar-refractivity contribution in [2.24, 2.45) is 5.41 Å². The van der Waals surface area contributed by atoms with Gasteiger partial charge in [0.05, 0.1) is 12.0 Å². The summed E-state index contributed by atoms with van der Waals surface area (Å²) in [5, 5.41) is 2.96. The topological polar surface area (TPSA) is 81.7 Å². The van der Waals surface area contributed by atoms with Gasteiger partial charge in [-0.1, -0.05) is 18.2 Å². The van der Waals surface area contributed by atoms with E-state index in [0.29, 0.717) is 18.5 Å². The quantitative estimate of drug-likeness (QED) is 0.344. The highest BCUT2D eigenvalue weighted by Gasteiger charge is 2.31. The van der Waals surface area contributed by atoms with E-state index in [2.05, 4.69) is 5.32 Å². The predicted molar refractivity (Wildman–Crippen MR) is 94.3 cm³/mol. The normalized spacial score (nSPS) is 15.9. The van der Waals surface area contributed by atoms with Gasteiger partial charge in [-0.05, 0) is 53.0 Å². The zero-order valence-electron chi connectivity index (χ0n) is 15.5. The molecule has 0 aliphatic heterocycles. The van der Waals surface area contributed by atoms with Crippen molar-refractivity contribution in [3.05, 3.63) is 35.6 Å². The van der Waals surface area contributed by atoms with Crippen LogP contribution in [0.5, 0.6) is 0 Å². The molecular weight excluding hydrogens is 322 g/mol. The molecule has 0 aromatic heterocycles. The number of hydrogen-bond acceptors (Lipinski definition) is 6. The Morgan fingerprint density at radius 2 is 1.96 bits per heavy atom. The van der Waals surface area contributed by atoms with Crippen LogP contribution in [0.1, 0.15) is 47.5 Å². The number of carbonyl (C=O) groups is 3. The van der Waals surface area contributed by atoms with Crippen LogP contribution in [0.2, 0.25) is 0 Å². The van der Waals surface area contributed by atoms with Gasteiger partial charge in [-0.15, -0.1) is 0 Å². The molecule has 0 heterocycles. The molecule has 0 radical (unpaired) electrons. The van der Waals surface area contributed by atoms with Crippen LogP contribution in [0.3, 0.4) is 0 Å². The molecule has 0 fully saturated rings. The van der Waals surface area contributed by atoms with Gasteiger partial charge >= 0.3 is 17.9 Å². The molecule has 1 atom stereocenters. The summed E-state index contributed by atoms with van der Waals surface area (Å²) in [5.74, 6) is -1.77. The summed E-state index contributed by atoms with van der Waals surface area (Å²) in [6.07, 6.45) is 8.41. The average Bonchev–Trinajstić information content (AvgIpc) is 2.52. The first-order chi connectivity index (χ1) is 11.6. The minimum absolute atomic E-state index is 0.268. The van der Waals surface area contributed by atoms with Crippen molar-refractivity contribution in [2.75, 3.05) is 6.61 Å². The minimum Gasteiger partial charge on any atom is -0.463 e. The Kier molecular flexibility index (Phi) is 7.61. The fourth-order valence-corrected chi connectivity index (χ4v) is 2.09. The Labute approximate surface area is 148 Å². The molecule has 0 saturated heterocycles. The van der Waals surface area contributed by atoms with Crippen LogP contribution in [0.4, 0.5) is 0 Å². The van der Waals surface area contributed by atoms with Crippen molar-refractivity contribution in [3.8, 4) is 0 Å². The van der Waals surface area contributed by atoms with Gasteiger partial charge in [0.1, 0.15) is 6.04 Å². The Bertz CT molecular complexity index is 608. The largest absolute Gasteiger partial charge is 0.463 e. The Balaban J connectivity index is 2.93. The van der Waals surface area contributed by atoms with Crippen molar-refractivity contribution in [1.29, 1.82) is 0 Å². The van der Waals surface area contributed by atoms with Crippen molar-refractivity contribution in [1.82, 2.24) is 5.32 Å². The van der Waals surface area contributed by atoms with Gasteiger partial charge in [-0.2, -0.15) is 0 Å². The second kappa shape index (κ2) is 9.20. The number of esters is 3. The third-order valence-electron chi connectivity index (χ3n) is 3.44. The van der Waals surface area contributed by atoms with E-state index in [1.165, 1.54) is 6.08 Å². The fraction of sp³-hybridized carbons (Fsp3) is 0.526. The highest BCUT2D eigenvalue weighted by atomic mass is 16.6. The van der Waals surface area contributed by atoms with Crippen LogP contribution in [0, 0.1) is 5.41 Å². The lowest BCUT2D eigenvalue weighted by atomic mass is 9.96. The molecule has 0 amide bonds. The number of rotatable bonds is 6. The van der Waals surface area contributed by atoms with Gasteiger partial charge < -0.3 is 14.8 Å². The molecule has 1 aliphatic rings. The molecule has 0 aromatic rings. The SMILES string of the molecule is CCOC(=O)/C=C(\C)NC(C(=O)OC(=O)C(C)(C)C)C1=CCC=CC1. The first kappa shape index (κ1) is 20.7. The molecule has 0 bridgehead atoms. The maximum Gasteiger partial charge on any atom is 0.340 e. The van der Waals surface area contributed by atoms with E-state index in [9.17, 15) is 14.4 Å². The second-order valence-corrected chi connectivity index (χ2v) is 6.81. The summed E-state index contributed by atoms with van der Waals surface area (Å²) in [5.41, 5.74) is 0.474. The molecule has 1 N–H and O–H groups in total. The summed E-state index contributed by atoms with van der Waals surface area (Å²) in [7, 11) is 0. The maximum absolute atomic E-state index is 12.5. The number of nitrogens with one attached hydrogen (secondary N) is 1. The zero-order chi connectivity index (χ0) is 19.0.